The summed E-state index contributed by atoms with van der Waals surface area (Å²) < 4.78 is 8.26. The Kier molecular flexibility index (Phi) is 6.19. The third-order valence-corrected chi connectivity index (χ3v) is 7.01. The van der Waals surface area contributed by atoms with Crippen molar-refractivity contribution in [1.29, 1.82) is 0 Å². The molecule has 0 amide bonds. The van der Waals surface area contributed by atoms with Gasteiger partial charge in [-0.2, -0.15) is 4.57 Å². The molecule has 4 heteroatoms. The normalized spacial score (nSPS) is 24.3. The van der Waals surface area contributed by atoms with E-state index in [1.54, 1.807) is 7.11 Å². The van der Waals surface area contributed by atoms with Crippen LogP contribution in [0.4, 0.5) is 0 Å². The third kappa shape index (κ3) is 4.01. The lowest BCUT2D eigenvalue weighted by atomic mass is 9.84. The van der Waals surface area contributed by atoms with E-state index in [0.717, 1.165) is 55.1 Å². The summed E-state index contributed by atoms with van der Waals surface area (Å²) in [5.74, 6) is 1.36. The number of hydrogen-bond donors (Lipinski definition) is 1. The van der Waals surface area contributed by atoms with Gasteiger partial charge < -0.3 is 15.0 Å². The van der Waals surface area contributed by atoms with Gasteiger partial charge in [-0.25, -0.2) is 0 Å². The van der Waals surface area contributed by atoms with Crippen LogP contribution in [0.5, 0.6) is 5.75 Å². The number of fused-ring (bicyclic) bond motifs is 4. The van der Waals surface area contributed by atoms with Crippen LogP contribution in [0.3, 0.4) is 0 Å². The van der Waals surface area contributed by atoms with Gasteiger partial charge >= 0.3 is 0 Å². The van der Waals surface area contributed by atoms with E-state index in [0.29, 0.717) is 18.0 Å². The van der Waals surface area contributed by atoms with Crippen molar-refractivity contribution < 1.29 is 9.30 Å². The summed E-state index contributed by atoms with van der Waals surface area (Å²) in [5.41, 5.74) is 7.20. The quantitative estimate of drug-likeness (QED) is 0.731. The minimum Gasteiger partial charge on any atom is -0.496 e. The van der Waals surface area contributed by atoms with E-state index >= 15 is 0 Å². The number of aromatic nitrogens is 1. The number of rotatable bonds is 2. The van der Waals surface area contributed by atoms with Gasteiger partial charge in [0, 0.05) is 48.8 Å². The lowest BCUT2D eigenvalue weighted by molar-refractivity contribution is -0.571. The van der Waals surface area contributed by atoms with Gasteiger partial charge in [-0.05, 0) is 57.0 Å². The molecular formula is C27H36N3O+. The summed E-state index contributed by atoms with van der Waals surface area (Å²) in [6, 6.07) is 11.7. The molecule has 1 saturated heterocycles. The Labute approximate surface area is 187 Å². The molecule has 31 heavy (non-hydrogen) atoms. The summed E-state index contributed by atoms with van der Waals surface area (Å²) in [7, 11) is 4.04. The third-order valence-electron chi connectivity index (χ3n) is 7.01. The first-order valence-electron chi connectivity index (χ1n) is 11.5. The summed E-state index contributed by atoms with van der Waals surface area (Å²) in [4.78, 5) is 2.50. The van der Waals surface area contributed by atoms with E-state index < -0.39 is 0 Å². The minimum atomic E-state index is 0.363. The summed E-state index contributed by atoms with van der Waals surface area (Å²) in [5, 5.41) is 3.66. The average Bonchev–Trinajstić information content (AvgIpc) is 2.86. The average molecular weight is 419 g/mol. The smallest absolute Gasteiger partial charge is 0.222 e. The van der Waals surface area contributed by atoms with Crippen molar-refractivity contribution >= 4 is 5.70 Å². The van der Waals surface area contributed by atoms with Crippen molar-refractivity contribution in [2.75, 3.05) is 20.7 Å². The molecule has 0 aliphatic carbocycles. The number of benzene rings is 1. The van der Waals surface area contributed by atoms with Gasteiger partial charge in [0.15, 0.2) is 11.9 Å². The number of ether oxygens (including phenoxy) is 1. The van der Waals surface area contributed by atoms with Gasteiger partial charge in [0.2, 0.25) is 5.69 Å². The molecule has 164 valence electrons. The van der Waals surface area contributed by atoms with Crippen molar-refractivity contribution in [3.05, 3.63) is 66.5 Å². The molecule has 4 nitrogen and oxygen atoms in total. The van der Waals surface area contributed by atoms with Crippen molar-refractivity contribution in [1.82, 2.24) is 10.2 Å². The molecule has 1 N–H and O–H groups in total. The molecule has 3 atom stereocenters. The molecule has 0 radical (unpaired) electrons. The van der Waals surface area contributed by atoms with E-state index in [4.69, 9.17) is 4.74 Å². The zero-order chi connectivity index (χ0) is 22.1. The van der Waals surface area contributed by atoms with Gasteiger partial charge in [-0.1, -0.05) is 25.6 Å². The number of methoxy groups -OCH3 is 1. The first-order chi connectivity index (χ1) is 14.9. The van der Waals surface area contributed by atoms with Crippen LogP contribution in [0, 0.1) is 5.92 Å². The van der Waals surface area contributed by atoms with Crippen LogP contribution in [0.1, 0.15) is 37.8 Å². The van der Waals surface area contributed by atoms with Crippen LogP contribution < -0.4 is 14.6 Å². The van der Waals surface area contributed by atoms with E-state index in [2.05, 4.69) is 85.4 Å². The van der Waals surface area contributed by atoms with E-state index in [1.165, 1.54) is 16.7 Å². The van der Waals surface area contributed by atoms with Crippen molar-refractivity contribution in [3.63, 3.8) is 0 Å². The zero-order valence-electron chi connectivity index (χ0n) is 19.4. The molecule has 2 aromatic rings. The second-order valence-corrected chi connectivity index (χ2v) is 9.09. The van der Waals surface area contributed by atoms with Gasteiger partial charge in [-0.3, -0.25) is 0 Å². The molecule has 2 aliphatic heterocycles. The minimum absolute atomic E-state index is 0.363. The first kappa shape index (κ1) is 21.6. The van der Waals surface area contributed by atoms with Gasteiger partial charge in [0.25, 0.3) is 0 Å². The Hall–Kier alpha value is -2.59. The van der Waals surface area contributed by atoms with Gasteiger partial charge in [-0.15, -0.1) is 0 Å². The topological polar surface area (TPSA) is 28.4 Å². The summed E-state index contributed by atoms with van der Waals surface area (Å²) in [6.45, 7) is 14.4. The fraction of sp³-hybridized carbons (Fsp3) is 0.444. The molecule has 1 fully saturated rings. The fourth-order valence-corrected chi connectivity index (χ4v) is 5.48. The molecule has 0 spiro atoms. The Morgan fingerprint density at radius 2 is 2.03 bits per heavy atom. The molecule has 3 heterocycles. The lowest BCUT2D eigenvalue weighted by Gasteiger charge is -2.33. The monoisotopic (exact) mass is 418 g/mol. The van der Waals surface area contributed by atoms with Gasteiger partial charge in [0.05, 0.1) is 12.7 Å². The molecule has 0 bridgehead atoms. The highest BCUT2D eigenvalue weighted by Gasteiger charge is 2.36. The fourth-order valence-electron chi connectivity index (χ4n) is 5.48. The zero-order valence-corrected chi connectivity index (χ0v) is 19.4. The van der Waals surface area contributed by atoms with Crippen molar-refractivity contribution in [3.8, 4) is 17.0 Å². The van der Waals surface area contributed by atoms with Crippen molar-refractivity contribution in [2.45, 2.75) is 51.6 Å². The molecule has 1 aromatic heterocycles. The van der Waals surface area contributed by atoms with Crippen molar-refractivity contribution in [2.24, 2.45) is 5.92 Å². The molecule has 1 aromatic carbocycles. The number of hydrogen-bond acceptors (Lipinski definition) is 3. The second kappa shape index (κ2) is 8.88. The summed E-state index contributed by atoms with van der Waals surface area (Å²) in [6.07, 6.45) is 6.03. The predicted octanol–water partition coefficient (Wildman–Crippen LogP) is 4.44. The number of aryl methyl sites for hydroxylation is 2. The van der Waals surface area contributed by atoms with E-state index in [-0.39, 0.29) is 0 Å². The first-order valence-corrected chi connectivity index (χ1v) is 11.5. The SMILES string of the molecule is C=C1NC(C)CN(C)C2CC(=C)[n+]3ccccc3-c3c(ccc(CC)c3OC)CCC12. The molecule has 0 saturated carbocycles. The summed E-state index contributed by atoms with van der Waals surface area (Å²) >= 11 is 0. The highest BCUT2D eigenvalue weighted by Crippen LogP contribution is 2.39. The second-order valence-electron chi connectivity index (χ2n) is 9.09. The Balaban J connectivity index is 1.90. The Bertz CT molecular complexity index is 996. The Morgan fingerprint density at radius 1 is 1.23 bits per heavy atom. The van der Waals surface area contributed by atoms with Gasteiger partial charge in [0.1, 0.15) is 5.75 Å². The molecule has 2 aliphatic rings. The van der Waals surface area contributed by atoms with Crippen LogP contribution in [-0.4, -0.2) is 37.7 Å². The number of pyridine rings is 1. The largest absolute Gasteiger partial charge is 0.496 e. The number of nitrogens with one attached hydrogen (secondary N) is 1. The van der Waals surface area contributed by atoms with Crippen LogP contribution >= 0.6 is 0 Å². The number of likely N-dealkylation sites (N-methyl/N-ethyl adjacent to an activating group) is 1. The lowest BCUT2D eigenvalue weighted by Crippen LogP contribution is -2.44. The van der Waals surface area contributed by atoms with E-state index in [1.807, 2.05) is 0 Å². The maximum Gasteiger partial charge on any atom is 0.222 e. The highest BCUT2D eigenvalue weighted by molar-refractivity contribution is 5.72. The standard InChI is InChI=1S/C27H36N3O/c1-7-21-11-12-22-13-14-23-20(4)28-18(2)17-29(5)25(23)16-19(3)30-15-9-8-10-24(30)26(22)27(21)31-6/h8-12,15,18,23,25,28H,3-4,7,13-14,16-17H2,1-2,5-6H3/q+1. The van der Waals surface area contributed by atoms with Crippen LogP contribution in [0.15, 0.2) is 55.4 Å². The number of nitrogens with zero attached hydrogens (tertiary/aromatic N) is 2. The van der Waals surface area contributed by atoms with Crippen LogP contribution in [-0.2, 0) is 12.8 Å². The Morgan fingerprint density at radius 3 is 2.77 bits per heavy atom. The predicted molar refractivity (Wildman–Crippen MR) is 128 cm³/mol. The molecule has 3 unspecified atom stereocenters. The van der Waals surface area contributed by atoms with Crippen LogP contribution in [0.25, 0.3) is 17.0 Å². The van der Waals surface area contributed by atoms with E-state index in [9.17, 15) is 0 Å². The maximum atomic E-state index is 5.99. The van der Waals surface area contributed by atoms with Crippen LogP contribution in [0.2, 0.25) is 0 Å². The highest BCUT2D eigenvalue weighted by atomic mass is 16.5. The maximum absolute atomic E-state index is 5.99. The molecular weight excluding hydrogens is 382 g/mol. The molecule has 4 rings (SSSR count).